The van der Waals surface area contributed by atoms with Crippen molar-refractivity contribution < 1.29 is 18.7 Å². The molecule has 0 unspecified atom stereocenters. The quantitative estimate of drug-likeness (QED) is 0.608. The van der Waals surface area contributed by atoms with Gasteiger partial charge in [0.2, 0.25) is 0 Å². The van der Waals surface area contributed by atoms with Gasteiger partial charge in [0.15, 0.2) is 5.60 Å². The topological polar surface area (TPSA) is 48.7 Å². The van der Waals surface area contributed by atoms with Crippen molar-refractivity contribution in [2.45, 2.75) is 51.2 Å². The Bertz CT molecular complexity index is 480. The zero-order valence-corrected chi connectivity index (χ0v) is 12.2. The molecule has 4 heteroatoms. The molecule has 1 saturated carbocycles. The molecule has 1 aromatic heterocycles. The van der Waals surface area contributed by atoms with Crippen LogP contribution in [0, 0.1) is 0 Å². The molecule has 0 amide bonds. The number of rotatable bonds is 5. The van der Waals surface area contributed by atoms with Gasteiger partial charge in [-0.3, -0.25) is 0 Å². The number of esters is 1. The maximum atomic E-state index is 11.9. The first-order valence-electron chi connectivity index (χ1n) is 7.04. The lowest BCUT2D eigenvalue weighted by Gasteiger charge is -2.35. The first-order chi connectivity index (χ1) is 9.57. The second-order valence-electron chi connectivity index (χ2n) is 5.42. The molecule has 0 bridgehead atoms. The van der Waals surface area contributed by atoms with Crippen LogP contribution in [0.4, 0.5) is 0 Å². The molecule has 0 aromatic carbocycles. The van der Waals surface area contributed by atoms with Crippen LogP contribution >= 0.6 is 0 Å². The number of carbonyl (C=O) groups excluding carboxylic acids is 1. The summed E-state index contributed by atoms with van der Waals surface area (Å²) in [4.78, 5) is 11.9. The fraction of sp³-hybridized carbons (Fsp3) is 0.562. The molecule has 0 atom stereocenters. The first kappa shape index (κ1) is 14.9. The Balaban J connectivity index is 2.25. The summed E-state index contributed by atoms with van der Waals surface area (Å²) in [5.41, 5.74) is -0.223. The van der Waals surface area contributed by atoms with Gasteiger partial charge in [-0.2, -0.15) is 0 Å². The fourth-order valence-electron chi connectivity index (χ4n) is 2.63. The molecule has 110 valence electrons. The number of carbonyl (C=O) groups is 1. The second-order valence-corrected chi connectivity index (χ2v) is 5.42. The maximum Gasteiger partial charge on any atom is 0.334 e. The van der Waals surface area contributed by atoms with Crippen molar-refractivity contribution in [3.05, 3.63) is 35.8 Å². The van der Waals surface area contributed by atoms with Gasteiger partial charge >= 0.3 is 5.97 Å². The lowest BCUT2D eigenvalue weighted by Crippen LogP contribution is -2.34. The minimum atomic E-state index is -0.639. The number of hydrogen-bond donors (Lipinski definition) is 0. The van der Waals surface area contributed by atoms with Gasteiger partial charge in [0.05, 0.1) is 0 Å². The summed E-state index contributed by atoms with van der Waals surface area (Å²) in [6.45, 7) is 5.74. The molecule has 1 aromatic rings. The van der Waals surface area contributed by atoms with E-state index >= 15 is 0 Å². The Morgan fingerprint density at radius 3 is 2.65 bits per heavy atom. The molecule has 0 saturated heterocycles. The Morgan fingerprint density at radius 1 is 1.35 bits per heavy atom. The lowest BCUT2D eigenvalue weighted by molar-refractivity contribution is -0.162. The summed E-state index contributed by atoms with van der Waals surface area (Å²) in [6.07, 6.45) is 4.82. The van der Waals surface area contributed by atoms with Crippen molar-refractivity contribution in [1.29, 1.82) is 0 Å². The summed E-state index contributed by atoms with van der Waals surface area (Å²) in [6, 6.07) is 3.77. The summed E-state index contributed by atoms with van der Waals surface area (Å²) in [5.74, 6) is 1.12. The van der Waals surface area contributed by atoms with E-state index in [1.54, 1.807) is 14.0 Å². The van der Waals surface area contributed by atoms with E-state index in [1.807, 2.05) is 12.1 Å². The number of hydrogen-bond acceptors (Lipinski definition) is 4. The highest BCUT2D eigenvalue weighted by Crippen LogP contribution is 2.41. The van der Waals surface area contributed by atoms with Gasteiger partial charge in [-0.05, 0) is 44.7 Å². The summed E-state index contributed by atoms with van der Waals surface area (Å²) in [7, 11) is 1.62. The van der Waals surface area contributed by atoms with Gasteiger partial charge < -0.3 is 13.9 Å². The normalized spacial score (nSPS) is 17.7. The monoisotopic (exact) mass is 278 g/mol. The highest BCUT2D eigenvalue weighted by atomic mass is 16.6. The number of ether oxygens (including phenoxy) is 2. The van der Waals surface area contributed by atoms with Crippen molar-refractivity contribution >= 4 is 5.97 Å². The van der Waals surface area contributed by atoms with Crippen LogP contribution in [0.15, 0.2) is 28.7 Å². The molecule has 0 radical (unpaired) electrons. The molecule has 0 N–H and O–H groups in total. The molecule has 2 rings (SSSR count). The SMILES string of the molecule is C=C(C)C(=O)OC1(c2ccc(COC)o2)CCCCC1. The van der Waals surface area contributed by atoms with Crippen LogP contribution in [-0.4, -0.2) is 13.1 Å². The van der Waals surface area contributed by atoms with Crippen molar-refractivity contribution in [1.82, 2.24) is 0 Å². The van der Waals surface area contributed by atoms with E-state index in [0.717, 1.165) is 43.6 Å². The number of furan rings is 1. The van der Waals surface area contributed by atoms with Gasteiger partial charge in [0.1, 0.15) is 18.1 Å². The predicted octanol–water partition coefficient (Wildman–Crippen LogP) is 3.70. The summed E-state index contributed by atoms with van der Waals surface area (Å²) >= 11 is 0. The van der Waals surface area contributed by atoms with Gasteiger partial charge in [0, 0.05) is 12.7 Å². The Morgan fingerprint density at radius 2 is 2.05 bits per heavy atom. The minimum Gasteiger partial charge on any atom is -0.459 e. The molecule has 0 spiro atoms. The molecular formula is C16H22O4. The van der Waals surface area contributed by atoms with Gasteiger partial charge in [-0.25, -0.2) is 4.79 Å². The molecule has 1 aliphatic rings. The average Bonchev–Trinajstić information content (AvgIpc) is 2.89. The fourth-order valence-corrected chi connectivity index (χ4v) is 2.63. The Labute approximate surface area is 119 Å². The van der Waals surface area contributed by atoms with Crippen LogP contribution in [0.3, 0.4) is 0 Å². The van der Waals surface area contributed by atoms with E-state index in [0.29, 0.717) is 12.2 Å². The zero-order valence-electron chi connectivity index (χ0n) is 12.2. The molecule has 20 heavy (non-hydrogen) atoms. The van der Waals surface area contributed by atoms with E-state index < -0.39 is 5.60 Å². The first-order valence-corrected chi connectivity index (χ1v) is 7.04. The second kappa shape index (κ2) is 6.27. The molecule has 4 nitrogen and oxygen atoms in total. The largest absolute Gasteiger partial charge is 0.459 e. The molecule has 0 aliphatic heterocycles. The van der Waals surface area contributed by atoms with E-state index in [2.05, 4.69) is 6.58 Å². The molecule has 1 heterocycles. The van der Waals surface area contributed by atoms with E-state index in [4.69, 9.17) is 13.9 Å². The smallest absolute Gasteiger partial charge is 0.334 e. The van der Waals surface area contributed by atoms with Gasteiger partial charge in [0.25, 0.3) is 0 Å². The third kappa shape index (κ3) is 3.12. The van der Waals surface area contributed by atoms with Crippen LogP contribution in [0.5, 0.6) is 0 Å². The van der Waals surface area contributed by atoms with Crippen LogP contribution in [0.25, 0.3) is 0 Å². The van der Waals surface area contributed by atoms with E-state index in [-0.39, 0.29) is 5.97 Å². The van der Waals surface area contributed by atoms with Crippen LogP contribution in [-0.2, 0) is 26.5 Å². The summed E-state index contributed by atoms with van der Waals surface area (Å²) < 4.78 is 16.6. The third-order valence-corrected chi connectivity index (χ3v) is 3.70. The zero-order chi connectivity index (χ0) is 14.6. The lowest BCUT2D eigenvalue weighted by atomic mass is 9.82. The Hall–Kier alpha value is -1.55. The van der Waals surface area contributed by atoms with Crippen molar-refractivity contribution in [2.75, 3.05) is 7.11 Å². The van der Waals surface area contributed by atoms with Gasteiger partial charge in [-0.15, -0.1) is 0 Å². The number of methoxy groups -OCH3 is 1. The van der Waals surface area contributed by atoms with Crippen LogP contribution in [0.2, 0.25) is 0 Å². The van der Waals surface area contributed by atoms with Crippen molar-refractivity contribution in [3.63, 3.8) is 0 Å². The minimum absolute atomic E-state index is 0.350. The molecule has 1 aliphatic carbocycles. The third-order valence-electron chi connectivity index (χ3n) is 3.70. The summed E-state index contributed by atoms with van der Waals surface area (Å²) in [5, 5.41) is 0. The van der Waals surface area contributed by atoms with E-state index in [9.17, 15) is 4.79 Å². The standard InChI is InChI=1S/C16H22O4/c1-12(2)15(17)20-16(9-5-4-6-10-16)14-8-7-13(19-14)11-18-3/h7-8H,1,4-6,9-11H2,2-3H3. The highest BCUT2D eigenvalue weighted by molar-refractivity contribution is 5.87. The van der Waals surface area contributed by atoms with Crippen molar-refractivity contribution in [3.8, 4) is 0 Å². The van der Waals surface area contributed by atoms with Gasteiger partial charge in [-0.1, -0.05) is 13.0 Å². The van der Waals surface area contributed by atoms with Crippen molar-refractivity contribution in [2.24, 2.45) is 0 Å². The maximum absolute atomic E-state index is 11.9. The predicted molar refractivity (Wildman–Crippen MR) is 75.1 cm³/mol. The van der Waals surface area contributed by atoms with Crippen LogP contribution in [0.1, 0.15) is 50.5 Å². The Kier molecular flexibility index (Phi) is 4.65. The molecule has 1 fully saturated rings. The van der Waals surface area contributed by atoms with E-state index in [1.165, 1.54) is 0 Å². The highest BCUT2D eigenvalue weighted by Gasteiger charge is 2.40. The van der Waals surface area contributed by atoms with Crippen LogP contribution < -0.4 is 0 Å². The molecular weight excluding hydrogens is 256 g/mol. The average molecular weight is 278 g/mol.